The molecule has 2 saturated heterocycles. The second-order valence-corrected chi connectivity index (χ2v) is 20.6. The Bertz CT molecular complexity index is 2590. The first-order valence-corrected chi connectivity index (χ1v) is 26.3. The zero-order chi connectivity index (χ0) is 54.6. The van der Waals surface area contributed by atoms with Crippen LogP contribution in [-0.2, 0) is 67.2 Å². The quantitative estimate of drug-likeness (QED) is 0.0261. The van der Waals surface area contributed by atoms with Crippen molar-refractivity contribution in [3.05, 3.63) is 128 Å². The molecule has 4 aromatic rings. The summed E-state index contributed by atoms with van der Waals surface area (Å²) in [7, 11) is 1.70. The Balaban J connectivity index is 1.35. The fourth-order valence-electron chi connectivity index (χ4n) is 9.43. The number of benzene rings is 3. The lowest BCUT2D eigenvalue weighted by Crippen LogP contribution is -2.63. The lowest BCUT2D eigenvalue weighted by molar-refractivity contribution is -0.308. The smallest absolute Gasteiger partial charge is 0.330 e. The standard InChI is InChI=1S/C54H70N3O17P/c1-32(2)57(33(3)4)75(27-15-26-66-52-50(71-38(9)61)49(70-37(8)60)48(69-36(7)59)46(73-52)30-67-35(6)58)74-44-28-47(56-29-34(5)51(62)55-53(56)63)72-45(44)31-68-54(39-16-13-12-14-17-39,40-18-22-42(64-10)23-19-40)41-20-24-43(65-11)25-21-41/h12-14,16-25,29,32-33,44-50,52H,15,26-28,30-31H2,1-11H3,(H,55,62,63)/t44?,45-,46-,47-,48-,49+,50-,52-,75?/m1/s1. The van der Waals surface area contributed by atoms with Crippen molar-refractivity contribution in [1.29, 1.82) is 0 Å². The first-order valence-electron chi connectivity index (χ1n) is 24.9. The number of aromatic amines is 1. The van der Waals surface area contributed by atoms with Crippen LogP contribution in [0.1, 0.15) is 96.7 Å². The van der Waals surface area contributed by atoms with E-state index in [0.29, 0.717) is 29.6 Å². The van der Waals surface area contributed by atoms with Crippen molar-refractivity contribution in [3.63, 3.8) is 0 Å². The summed E-state index contributed by atoms with van der Waals surface area (Å²) >= 11 is 0. The molecule has 1 N–H and O–H groups in total. The van der Waals surface area contributed by atoms with Crippen molar-refractivity contribution >= 4 is 32.2 Å². The third-order valence-corrected chi connectivity index (χ3v) is 15.2. The van der Waals surface area contributed by atoms with Crippen LogP contribution in [0.2, 0.25) is 0 Å². The number of ether oxygens (including phenoxy) is 10. The van der Waals surface area contributed by atoms with Crippen LogP contribution in [0.25, 0.3) is 0 Å². The van der Waals surface area contributed by atoms with Gasteiger partial charge in [0.15, 0.2) is 24.6 Å². The minimum atomic E-state index is -1.51. The van der Waals surface area contributed by atoms with Gasteiger partial charge < -0.3 is 51.9 Å². The Morgan fingerprint density at radius 2 is 1.27 bits per heavy atom. The molecule has 1 aromatic heterocycles. The molecule has 0 spiro atoms. The fraction of sp³-hybridized carbons (Fsp3) is 0.519. The summed E-state index contributed by atoms with van der Waals surface area (Å²) in [5.41, 5.74) is 0.363. The van der Waals surface area contributed by atoms with E-state index in [4.69, 9.17) is 51.9 Å². The summed E-state index contributed by atoms with van der Waals surface area (Å²) in [6.45, 7) is 14.1. The highest BCUT2D eigenvalue weighted by atomic mass is 31.2. The normalized spacial score (nSPS) is 22.2. The lowest BCUT2D eigenvalue weighted by atomic mass is 9.80. The third kappa shape index (κ3) is 14.7. The minimum absolute atomic E-state index is 0.00562. The number of H-pyrrole nitrogens is 1. The molecule has 408 valence electrons. The van der Waals surface area contributed by atoms with E-state index >= 15 is 0 Å². The van der Waals surface area contributed by atoms with Crippen molar-refractivity contribution in [2.24, 2.45) is 0 Å². The van der Waals surface area contributed by atoms with Gasteiger partial charge in [-0.25, -0.2) is 4.79 Å². The first-order chi connectivity index (χ1) is 35.7. The van der Waals surface area contributed by atoms with E-state index in [9.17, 15) is 28.8 Å². The predicted molar refractivity (Wildman–Crippen MR) is 274 cm³/mol. The van der Waals surface area contributed by atoms with E-state index in [0.717, 1.165) is 37.5 Å². The van der Waals surface area contributed by atoms with Gasteiger partial charge in [0.1, 0.15) is 50.4 Å². The summed E-state index contributed by atoms with van der Waals surface area (Å²) in [5, 5.41) is 0. The Kier molecular flexibility index (Phi) is 20.7. The van der Waals surface area contributed by atoms with E-state index < -0.39 is 105 Å². The number of nitrogens with zero attached hydrogens (tertiary/aromatic N) is 2. The monoisotopic (exact) mass is 1060 g/mol. The van der Waals surface area contributed by atoms with Gasteiger partial charge in [-0.1, -0.05) is 54.6 Å². The van der Waals surface area contributed by atoms with E-state index in [1.165, 1.54) is 17.7 Å². The van der Waals surface area contributed by atoms with Crippen molar-refractivity contribution in [3.8, 4) is 11.5 Å². The molecule has 0 amide bonds. The molecule has 0 saturated carbocycles. The minimum Gasteiger partial charge on any atom is -0.497 e. The fourth-order valence-corrected chi connectivity index (χ4v) is 11.8. The molecule has 2 aliphatic rings. The van der Waals surface area contributed by atoms with Gasteiger partial charge in [0.05, 0.1) is 33.5 Å². The molecule has 75 heavy (non-hydrogen) atoms. The Labute approximate surface area is 438 Å². The number of aryl methyl sites for hydroxylation is 1. The number of rotatable bonds is 24. The molecule has 9 atom stereocenters. The van der Waals surface area contributed by atoms with Crippen molar-refractivity contribution < 1.29 is 71.1 Å². The maximum atomic E-state index is 13.5. The highest BCUT2D eigenvalue weighted by Gasteiger charge is 2.53. The van der Waals surface area contributed by atoms with E-state index in [1.807, 2.05) is 78.9 Å². The van der Waals surface area contributed by atoms with Crippen LogP contribution < -0.4 is 20.7 Å². The molecule has 20 nitrogen and oxygen atoms in total. The molecule has 21 heteroatoms. The van der Waals surface area contributed by atoms with Crippen molar-refractivity contribution in [1.82, 2.24) is 14.2 Å². The lowest BCUT2D eigenvalue weighted by Gasteiger charge is -2.44. The van der Waals surface area contributed by atoms with Crippen LogP contribution in [0.5, 0.6) is 11.5 Å². The van der Waals surface area contributed by atoms with Gasteiger partial charge in [-0.05, 0) is 82.0 Å². The van der Waals surface area contributed by atoms with Crippen LogP contribution in [0.15, 0.2) is 94.6 Å². The van der Waals surface area contributed by atoms with Crippen LogP contribution >= 0.6 is 8.30 Å². The van der Waals surface area contributed by atoms with Gasteiger partial charge >= 0.3 is 29.6 Å². The van der Waals surface area contributed by atoms with Gasteiger partial charge in [-0.15, -0.1) is 0 Å². The van der Waals surface area contributed by atoms with Gasteiger partial charge in [0.25, 0.3) is 5.56 Å². The summed E-state index contributed by atoms with van der Waals surface area (Å²) in [4.78, 5) is 77.7. The predicted octanol–water partition coefficient (Wildman–Crippen LogP) is 6.46. The topological polar surface area (TPSA) is 228 Å². The second kappa shape index (κ2) is 26.7. The van der Waals surface area contributed by atoms with E-state index in [1.54, 1.807) is 21.1 Å². The zero-order valence-corrected chi connectivity index (χ0v) is 45.3. The zero-order valence-electron chi connectivity index (χ0n) is 44.4. The highest BCUT2D eigenvalue weighted by Crippen LogP contribution is 2.50. The summed E-state index contributed by atoms with van der Waals surface area (Å²) in [6, 6.07) is 25.1. The SMILES string of the molecule is COc1ccc(C(OC[C@H]2O[C@@H](n3cc(C)c(=O)[nH]c3=O)CC2OP(CCCO[C@@H]2O[C@H](COC(C)=O)[C@@H](OC(C)=O)[C@H](OC(C)=O)[C@H]2OC(C)=O)N(C(C)C)C(C)C)(c2ccccc2)c2ccc(OC)cc2)cc1. The number of hydrogen-bond donors (Lipinski definition) is 1. The van der Waals surface area contributed by atoms with Crippen LogP contribution in [0.3, 0.4) is 0 Å². The highest BCUT2D eigenvalue weighted by molar-refractivity contribution is 7.50. The third-order valence-electron chi connectivity index (χ3n) is 12.6. The number of esters is 4. The molecule has 0 aliphatic carbocycles. The molecule has 3 heterocycles. The largest absolute Gasteiger partial charge is 0.497 e. The van der Waals surface area contributed by atoms with Crippen LogP contribution in [0.4, 0.5) is 0 Å². The van der Waals surface area contributed by atoms with Crippen LogP contribution in [0, 0.1) is 6.92 Å². The van der Waals surface area contributed by atoms with Crippen molar-refractivity contribution in [2.45, 2.75) is 142 Å². The van der Waals surface area contributed by atoms with E-state index in [2.05, 4.69) is 37.3 Å². The Morgan fingerprint density at radius 1 is 0.720 bits per heavy atom. The average molecular weight is 1060 g/mol. The molecule has 0 bridgehead atoms. The van der Waals surface area contributed by atoms with E-state index in [-0.39, 0.29) is 31.7 Å². The molecular weight excluding hydrogens is 994 g/mol. The summed E-state index contributed by atoms with van der Waals surface area (Å²) in [5.74, 6) is -1.59. The molecule has 2 unspecified atom stereocenters. The Hall–Kier alpha value is -5.99. The summed E-state index contributed by atoms with van der Waals surface area (Å²) in [6.07, 6.45) is -6.53. The number of carbonyl (C=O) groups is 4. The molecule has 3 aromatic carbocycles. The average Bonchev–Trinajstić information content (AvgIpc) is 3.76. The number of hydrogen-bond acceptors (Lipinski definition) is 18. The number of methoxy groups -OCH3 is 2. The maximum Gasteiger partial charge on any atom is 0.330 e. The maximum absolute atomic E-state index is 13.5. The van der Waals surface area contributed by atoms with Gasteiger partial charge in [0, 0.05) is 64.1 Å². The molecule has 2 aliphatic heterocycles. The molecule has 2 fully saturated rings. The second-order valence-electron chi connectivity index (χ2n) is 18.7. The Morgan fingerprint density at radius 3 is 1.80 bits per heavy atom. The van der Waals surface area contributed by atoms with Crippen molar-refractivity contribution in [2.75, 3.05) is 40.2 Å². The first kappa shape index (κ1) is 58.3. The van der Waals surface area contributed by atoms with Gasteiger partial charge in [-0.3, -0.25) is 38.2 Å². The molecule has 0 radical (unpaired) electrons. The number of nitrogens with one attached hydrogen (secondary N) is 1. The van der Waals surface area contributed by atoms with Gasteiger partial charge in [-0.2, -0.15) is 0 Å². The molecular formula is C54H70N3O17P. The molecule has 6 rings (SSSR count). The summed E-state index contributed by atoms with van der Waals surface area (Å²) < 4.78 is 70.8. The number of carbonyl (C=O) groups excluding carboxylic acids is 4. The number of aromatic nitrogens is 2. The van der Waals surface area contributed by atoms with Crippen LogP contribution in [-0.4, -0.2) is 133 Å². The van der Waals surface area contributed by atoms with Gasteiger partial charge in [0.2, 0.25) is 0 Å².